The number of nitrogens with one attached hydrogen (secondary N) is 2. The van der Waals surface area contributed by atoms with Crippen molar-refractivity contribution in [2.45, 2.75) is 32.9 Å². The lowest BCUT2D eigenvalue weighted by atomic mass is 10.1. The Kier molecular flexibility index (Phi) is 8.98. The fourth-order valence-electron chi connectivity index (χ4n) is 3.48. The van der Waals surface area contributed by atoms with Gasteiger partial charge in [-0.2, -0.15) is 5.10 Å². The van der Waals surface area contributed by atoms with Gasteiger partial charge in [-0.15, -0.1) is 0 Å². The topological polar surface area (TPSA) is 72.7 Å². The summed E-state index contributed by atoms with van der Waals surface area (Å²) in [5.41, 5.74) is 3.65. The van der Waals surface area contributed by atoms with Crippen LogP contribution in [-0.4, -0.2) is 43.0 Å². The number of rotatable bonds is 11. The summed E-state index contributed by atoms with van der Waals surface area (Å²) < 4.78 is 12.6. The van der Waals surface area contributed by atoms with Crippen LogP contribution in [0.15, 0.2) is 65.9 Å². The molecule has 0 bridgehead atoms. The first-order valence-corrected chi connectivity index (χ1v) is 11.0. The molecule has 2 N–H and O–H groups in total. The molecule has 0 aliphatic carbocycles. The van der Waals surface area contributed by atoms with Crippen molar-refractivity contribution in [2.24, 2.45) is 4.99 Å². The number of methoxy groups -OCH3 is 2. The average molecular weight is 436 g/mol. The summed E-state index contributed by atoms with van der Waals surface area (Å²) in [4.78, 5) is 4.80. The molecule has 0 aliphatic rings. The Morgan fingerprint density at radius 2 is 1.81 bits per heavy atom. The minimum absolute atomic E-state index is 0.614. The van der Waals surface area contributed by atoms with E-state index < -0.39 is 0 Å². The Bertz CT molecular complexity index is 986. The van der Waals surface area contributed by atoms with E-state index in [0.29, 0.717) is 6.54 Å². The first kappa shape index (κ1) is 23.2. The lowest BCUT2D eigenvalue weighted by molar-refractivity contribution is 0.354. The normalized spacial score (nSPS) is 11.3. The zero-order chi connectivity index (χ0) is 22.6. The summed E-state index contributed by atoms with van der Waals surface area (Å²) >= 11 is 0. The highest BCUT2D eigenvalue weighted by atomic mass is 16.5. The van der Waals surface area contributed by atoms with Crippen LogP contribution in [0.1, 0.15) is 30.0 Å². The molecule has 7 heteroatoms. The Hall–Kier alpha value is -3.48. The van der Waals surface area contributed by atoms with E-state index in [1.54, 1.807) is 20.4 Å². The summed E-state index contributed by atoms with van der Waals surface area (Å²) in [5, 5.41) is 11.1. The fourth-order valence-corrected chi connectivity index (χ4v) is 3.48. The van der Waals surface area contributed by atoms with Crippen LogP contribution in [0.2, 0.25) is 0 Å². The molecule has 0 amide bonds. The number of hydrogen-bond acceptors (Lipinski definition) is 4. The number of hydrogen-bond donors (Lipinski definition) is 2. The molecule has 0 spiro atoms. The summed E-state index contributed by atoms with van der Waals surface area (Å²) in [7, 11) is 3.31. The van der Waals surface area contributed by atoms with Crippen molar-refractivity contribution in [3.05, 3.63) is 77.6 Å². The number of nitrogens with zero attached hydrogens (tertiary/aromatic N) is 3. The highest BCUT2D eigenvalue weighted by molar-refractivity contribution is 5.79. The van der Waals surface area contributed by atoms with Crippen LogP contribution in [0.25, 0.3) is 0 Å². The van der Waals surface area contributed by atoms with Gasteiger partial charge < -0.3 is 20.1 Å². The van der Waals surface area contributed by atoms with Gasteiger partial charge in [0.25, 0.3) is 0 Å². The van der Waals surface area contributed by atoms with Gasteiger partial charge in [0, 0.05) is 25.5 Å². The van der Waals surface area contributed by atoms with Gasteiger partial charge in [-0.25, -0.2) is 4.99 Å². The minimum atomic E-state index is 0.614. The molecule has 170 valence electrons. The Balaban J connectivity index is 1.54. The van der Waals surface area contributed by atoms with Crippen LogP contribution in [-0.2, 0) is 19.5 Å². The predicted molar refractivity (Wildman–Crippen MR) is 128 cm³/mol. The van der Waals surface area contributed by atoms with Crippen molar-refractivity contribution in [3.63, 3.8) is 0 Å². The number of aryl methyl sites for hydroxylation is 1. The molecule has 0 fully saturated rings. The van der Waals surface area contributed by atoms with Crippen LogP contribution < -0.4 is 20.1 Å². The molecular weight excluding hydrogens is 402 g/mol. The molecule has 0 saturated heterocycles. The number of ether oxygens (including phenoxy) is 2. The fraction of sp³-hybridized carbons (Fsp3) is 0.360. The highest BCUT2D eigenvalue weighted by Crippen LogP contribution is 2.27. The third-order valence-electron chi connectivity index (χ3n) is 5.14. The van der Waals surface area contributed by atoms with E-state index in [-0.39, 0.29) is 0 Å². The lowest BCUT2D eigenvalue weighted by Crippen LogP contribution is -2.37. The van der Waals surface area contributed by atoms with E-state index in [0.717, 1.165) is 49.9 Å². The molecule has 0 radical (unpaired) electrons. The Labute approximate surface area is 190 Å². The zero-order valence-electron chi connectivity index (χ0n) is 19.2. The van der Waals surface area contributed by atoms with Gasteiger partial charge in [-0.3, -0.25) is 4.68 Å². The van der Waals surface area contributed by atoms with Gasteiger partial charge in [0.2, 0.25) is 0 Å². The average Bonchev–Trinajstić information content (AvgIpc) is 3.34. The quantitative estimate of drug-likeness (QED) is 0.273. The van der Waals surface area contributed by atoms with Crippen LogP contribution in [0.5, 0.6) is 11.5 Å². The molecular formula is C25H33N5O2. The van der Waals surface area contributed by atoms with Crippen molar-refractivity contribution in [1.29, 1.82) is 0 Å². The smallest absolute Gasteiger partial charge is 0.191 e. The number of aliphatic imine (C=N–C) groups is 1. The number of benzene rings is 2. The standard InChI is InChI=1S/C25H33N5O2/c1-4-26-25(27-14-7-9-20-12-13-23(31-2)24(17-20)32-3)28-18-21-10-5-6-11-22(21)19-30-16-8-15-29-30/h5-6,8,10-13,15-17H,4,7,9,14,18-19H2,1-3H3,(H2,26,27,28). The third-order valence-corrected chi connectivity index (χ3v) is 5.14. The van der Waals surface area contributed by atoms with E-state index in [1.165, 1.54) is 16.7 Å². The SMILES string of the molecule is CCNC(=NCc1ccccc1Cn1cccn1)NCCCc1ccc(OC)c(OC)c1. The van der Waals surface area contributed by atoms with Gasteiger partial charge >= 0.3 is 0 Å². The van der Waals surface area contributed by atoms with Gasteiger partial charge in [0.15, 0.2) is 17.5 Å². The maximum Gasteiger partial charge on any atom is 0.191 e. The minimum Gasteiger partial charge on any atom is -0.493 e. The lowest BCUT2D eigenvalue weighted by Gasteiger charge is -2.13. The van der Waals surface area contributed by atoms with Crippen molar-refractivity contribution in [1.82, 2.24) is 20.4 Å². The van der Waals surface area contributed by atoms with E-state index in [9.17, 15) is 0 Å². The Morgan fingerprint density at radius 3 is 2.53 bits per heavy atom. The van der Waals surface area contributed by atoms with E-state index in [1.807, 2.05) is 29.1 Å². The second-order valence-corrected chi connectivity index (χ2v) is 7.39. The third kappa shape index (κ3) is 6.77. The molecule has 32 heavy (non-hydrogen) atoms. The molecule has 0 atom stereocenters. The highest BCUT2D eigenvalue weighted by Gasteiger charge is 2.06. The van der Waals surface area contributed by atoms with Crippen molar-refractivity contribution < 1.29 is 9.47 Å². The second-order valence-electron chi connectivity index (χ2n) is 7.39. The molecule has 2 aromatic carbocycles. The molecule has 0 unspecified atom stereocenters. The van der Waals surface area contributed by atoms with Crippen molar-refractivity contribution >= 4 is 5.96 Å². The van der Waals surface area contributed by atoms with Crippen LogP contribution in [0, 0.1) is 0 Å². The van der Waals surface area contributed by atoms with E-state index >= 15 is 0 Å². The molecule has 3 aromatic rings. The Morgan fingerprint density at radius 1 is 1.00 bits per heavy atom. The summed E-state index contributed by atoms with van der Waals surface area (Å²) in [5.74, 6) is 2.35. The molecule has 0 aliphatic heterocycles. The molecule has 0 saturated carbocycles. The predicted octanol–water partition coefficient (Wildman–Crippen LogP) is 3.64. The van der Waals surface area contributed by atoms with Crippen LogP contribution in [0.3, 0.4) is 0 Å². The zero-order valence-corrected chi connectivity index (χ0v) is 19.2. The van der Waals surface area contributed by atoms with Crippen LogP contribution in [0.4, 0.5) is 0 Å². The molecule has 3 rings (SSSR count). The second kappa shape index (κ2) is 12.4. The van der Waals surface area contributed by atoms with E-state index in [2.05, 4.69) is 53.0 Å². The van der Waals surface area contributed by atoms with Crippen molar-refractivity contribution in [3.8, 4) is 11.5 Å². The number of guanidine groups is 1. The monoisotopic (exact) mass is 435 g/mol. The number of aromatic nitrogens is 2. The molecule has 1 heterocycles. The van der Waals surface area contributed by atoms with Gasteiger partial charge in [-0.05, 0) is 54.7 Å². The first-order chi connectivity index (χ1) is 15.7. The molecule has 1 aromatic heterocycles. The van der Waals surface area contributed by atoms with Gasteiger partial charge in [0.1, 0.15) is 0 Å². The van der Waals surface area contributed by atoms with Crippen molar-refractivity contribution in [2.75, 3.05) is 27.3 Å². The van der Waals surface area contributed by atoms with Gasteiger partial charge in [-0.1, -0.05) is 30.3 Å². The maximum absolute atomic E-state index is 5.39. The molecule has 7 nitrogen and oxygen atoms in total. The van der Waals surface area contributed by atoms with Crippen LogP contribution >= 0.6 is 0 Å². The summed E-state index contributed by atoms with van der Waals surface area (Å²) in [6.07, 6.45) is 5.70. The summed E-state index contributed by atoms with van der Waals surface area (Å²) in [6.45, 7) is 5.08. The first-order valence-electron chi connectivity index (χ1n) is 11.0. The van der Waals surface area contributed by atoms with Gasteiger partial charge in [0.05, 0.1) is 27.3 Å². The van der Waals surface area contributed by atoms with E-state index in [4.69, 9.17) is 14.5 Å². The summed E-state index contributed by atoms with van der Waals surface area (Å²) in [6, 6.07) is 16.4. The maximum atomic E-state index is 5.39. The largest absolute Gasteiger partial charge is 0.493 e.